The minimum absolute atomic E-state index is 0.0181. The van der Waals surface area contributed by atoms with Crippen LogP contribution in [-0.2, 0) is 9.53 Å². The highest BCUT2D eigenvalue weighted by molar-refractivity contribution is 8.26. The molecule has 2 aliphatic rings. The third-order valence-corrected chi connectivity index (χ3v) is 6.56. The summed E-state index contributed by atoms with van der Waals surface area (Å²) >= 11 is 6.65. The molecule has 0 spiro atoms. The van der Waals surface area contributed by atoms with Crippen molar-refractivity contribution in [1.29, 1.82) is 0 Å². The van der Waals surface area contributed by atoms with Gasteiger partial charge in [-0.1, -0.05) is 37.0 Å². The van der Waals surface area contributed by atoms with E-state index < -0.39 is 0 Å². The molecule has 2 aliphatic heterocycles. The second kappa shape index (κ2) is 8.87. The van der Waals surface area contributed by atoms with E-state index in [-0.39, 0.29) is 17.6 Å². The maximum absolute atomic E-state index is 13.3. The number of ether oxygens (including phenoxy) is 1. The fraction of sp³-hybridized carbons (Fsp3) is 0.429. The summed E-state index contributed by atoms with van der Waals surface area (Å²) in [5.74, 6) is 0.302. The molecule has 2 fully saturated rings. The number of pyridine rings is 1. The number of amides is 1. The van der Waals surface area contributed by atoms with E-state index in [0.29, 0.717) is 39.3 Å². The van der Waals surface area contributed by atoms with E-state index in [0.717, 1.165) is 31.4 Å². The Kier molecular flexibility index (Phi) is 6.21. The van der Waals surface area contributed by atoms with Gasteiger partial charge in [-0.3, -0.25) is 18.9 Å². The summed E-state index contributed by atoms with van der Waals surface area (Å²) < 4.78 is 7.67. The van der Waals surface area contributed by atoms with Crippen LogP contribution in [0.1, 0.15) is 37.3 Å². The molecule has 30 heavy (non-hydrogen) atoms. The van der Waals surface area contributed by atoms with E-state index in [1.165, 1.54) is 16.2 Å². The number of hydrogen-bond acceptors (Lipinski definition) is 7. The number of anilines is 1. The zero-order chi connectivity index (χ0) is 21.3. The molecule has 0 aliphatic carbocycles. The summed E-state index contributed by atoms with van der Waals surface area (Å²) in [4.78, 5) is 33.0. The highest BCUT2D eigenvalue weighted by Gasteiger charge is 2.35. The van der Waals surface area contributed by atoms with Crippen molar-refractivity contribution >= 4 is 51.7 Å². The number of hydrogen-bond donors (Lipinski definition) is 1. The van der Waals surface area contributed by atoms with Gasteiger partial charge >= 0.3 is 0 Å². The number of aryl methyl sites for hydroxylation is 1. The van der Waals surface area contributed by atoms with E-state index in [1.807, 2.05) is 26.0 Å². The van der Waals surface area contributed by atoms with Crippen LogP contribution in [0.4, 0.5) is 5.82 Å². The first-order valence-corrected chi connectivity index (χ1v) is 11.3. The fourth-order valence-corrected chi connectivity index (χ4v) is 4.86. The monoisotopic (exact) mass is 444 g/mol. The number of thioether (sulfide) groups is 1. The molecule has 0 aromatic carbocycles. The van der Waals surface area contributed by atoms with E-state index >= 15 is 0 Å². The smallest absolute Gasteiger partial charge is 0.267 e. The van der Waals surface area contributed by atoms with E-state index in [2.05, 4.69) is 10.3 Å². The molecule has 2 aromatic rings. The summed E-state index contributed by atoms with van der Waals surface area (Å²) in [6, 6.07) is 3.73. The Morgan fingerprint density at radius 3 is 3.00 bits per heavy atom. The number of nitrogens with zero attached hydrogens (tertiary/aromatic N) is 3. The van der Waals surface area contributed by atoms with Crippen LogP contribution in [0, 0.1) is 6.92 Å². The predicted octanol–water partition coefficient (Wildman–Crippen LogP) is 3.21. The predicted molar refractivity (Wildman–Crippen MR) is 124 cm³/mol. The van der Waals surface area contributed by atoms with E-state index in [4.69, 9.17) is 17.0 Å². The summed E-state index contributed by atoms with van der Waals surface area (Å²) in [7, 11) is 0. The molecule has 2 aromatic heterocycles. The van der Waals surface area contributed by atoms with Crippen LogP contribution < -0.4 is 10.9 Å². The zero-order valence-corrected chi connectivity index (χ0v) is 18.6. The molecule has 158 valence electrons. The molecule has 0 saturated carbocycles. The second-order valence-corrected chi connectivity index (χ2v) is 9.09. The third-order valence-electron chi connectivity index (χ3n) is 5.19. The first kappa shape index (κ1) is 21.0. The van der Waals surface area contributed by atoms with Crippen LogP contribution in [0.25, 0.3) is 11.7 Å². The van der Waals surface area contributed by atoms with Gasteiger partial charge in [-0.05, 0) is 43.9 Å². The van der Waals surface area contributed by atoms with Crippen LogP contribution in [0.3, 0.4) is 0 Å². The lowest BCUT2D eigenvalue weighted by Crippen LogP contribution is -2.35. The van der Waals surface area contributed by atoms with Gasteiger partial charge < -0.3 is 10.1 Å². The molecular weight excluding hydrogens is 420 g/mol. The Morgan fingerprint density at radius 1 is 1.43 bits per heavy atom. The molecule has 9 heteroatoms. The van der Waals surface area contributed by atoms with Crippen LogP contribution in [0.5, 0.6) is 0 Å². The highest BCUT2D eigenvalue weighted by Crippen LogP contribution is 2.34. The highest BCUT2D eigenvalue weighted by atomic mass is 32.2. The minimum Gasteiger partial charge on any atom is -0.376 e. The number of fused-ring (bicyclic) bond motifs is 1. The molecule has 0 unspecified atom stereocenters. The SMILES string of the molecule is CCCNc1nc2c(C)cccn2c(=O)c1/C=C1/SC(=S)N(C[C@@H]2CCCO2)C1=O. The van der Waals surface area contributed by atoms with Crippen LogP contribution >= 0.6 is 24.0 Å². The first-order chi connectivity index (χ1) is 14.5. The second-order valence-electron chi connectivity index (χ2n) is 7.42. The van der Waals surface area contributed by atoms with Crippen LogP contribution in [0.2, 0.25) is 0 Å². The van der Waals surface area contributed by atoms with Gasteiger partial charge in [-0.25, -0.2) is 4.98 Å². The van der Waals surface area contributed by atoms with Crippen molar-refractivity contribution in [3.8, 4) is 0 Å². The van der Waals surface area contributed by atoms with Gasteiger partial charge in [-0.15, -0.1) is 0 Å². The quantitative estimate of drug-likeness (QED) is 0.542. The largest absolute Gasteiger partial charge is 0.376 e. The Morgan fingerprint density at radius 2 is 2.27 bits per heavy atom. The number of aromatic nitrogens is 2. The van der Waals surface area contributed by atoms with Gasteiger partial charge in [0.05, 0.1) is 23.1 Å². The molecular formula is C21H24N4O3S2. The Bertz CT molecular complexity index is 1090. The third kappa shape index (κ3) is 4.01. The van der Waals surface area contributed by atoms with Gasteiger partial charge in [0.25, 0.3) is 11.5 Å². The van der Waals surface area contributed by atoms with Crippen molar-refractivity contribution in [2.24, 2.45) is 0 Å². The molecule has 7 nitrogen and oxygen atoms in total. The van der Waals surface area contributed by atoms with E-state index in [1.54, 1.807) is 17.2 Å². The van der Waals surface area contributed by atoms with E-state index in [9.17, 15) is 9.59 Å². The van der Waals surface area contributed by atoms with Crippen molar-refractivity contribution < 1.29 is 9.53 Å². The summed E-state index contributed by atoms with van der Waals surface area (Å²) in [5.41, 5.74) is 1.66. The number of rotatable bonds is 6. The van der Waals surface area contributed by atoms with Crippen molar-refractivity contribution in [3.63, 3.8) is 0 Å². The maximum atomic E-state index is 13.3. The van der Waals surface area contributed by atoms with Gasteiger partial charge in [0.2, 0.25) is 0 Å². The maximum Gasteiger partial charge on any atom is 0.267 e. The molecule has 4 heterocycles. The molecule has 1 amide bonds. The standard InChI is InChI=1S/C21H24N4O3S2/c1-3-8-22-17-15(19(26)24-9-4-6-13(2)18(24)23-17)11-16-20(27)25(21(29)30-16)12-14-7-5-10-28-14/h4,6,9,11,14,22H,3,5,7-8,10,12H2,1-2H3/b16-11+/t14-/m0/s1. The van der Waals surface area contributed by atoms with Crippen molar-refractivity contribution in [3.05, 3.63) is 44.7 Å². The van der Waals surface area contributed by atoms with Gasteiger partial charge in [-0.2, -0.15) is 0 Å². The normalized spacial score (nSPS) is 20.7. The molecule has 1 atom stereocenters. The number of nitrogens with one attached hydrogen (secondary N) is 1. The van der Waals surface area contributed by atoms with Gasteiger partial charge in [0.15, 0.2) is 0 Å². The Hall–Kier alpha value is -2.23. The van der Waals surface area contributed by atoms with Crippen LogP contribution in [0.15, 0.2) is 28.0 Å². The summed E-state index contributed by atoms with van der Waals surface area (Å²) in [6.07, 6.45) is 6.15. The lowest BCUT2D eigenvalue weighted by molar-refractivity contribution is -0.123. The topological polar surface area (TPSA) is 75.9 Å². The lowest BCUT2D eigenvalue weighted by atomic mass is 10.2. The summed E-state index contributed by atoms with van der Waals surface area (Å²) in [6.45, 7) is 5.82. The molecule has 0 bridgehead atoms. The van der Waals surface area contributed by atoms with Crippen molar-refractivity contribution in [2.75, 3.05) is 25.0 Å². The average molecular weight is 445 g/mol. The first-order valence-electron chi connectivity index (χ1n) is 10.1. The number of carbonyl (C=O) groups excluding carboxylic acids is 1. The number of thiocarbonyl (C=S) groups is 1. The molecule has 0 radical (unpaired) electrons. The number of carbonyl (C=O) groups is 1. The molecule has 1 N–H and O–H groups in total. The van der Waals surface area contributed by atoms with Gasteiger partial charge in [0, 0.05) is 19.3 Å². The Balaban J connectivity index is 1.73. The average Bonchev–Trinajstić information content (AvgIpc) is 3.33. The summed E-state index contributed by atoms with van der Waals surface area (Å²) in [5, 5.41) is 3.24. The lowest BCUT2D eigenvalue weighted by Gasteiger charge is -2.18. The minimum atomic E-state index is -0.216. The molecule has 4 rings (SSSR count). The Labute approximate surface area is 184 Å². The zero-order valence-electron chi connectivity index (χ0n) is 17.0. The van der Waals surface area contributed by atoms with Gasteiger partial charge in [0.1, 0.15) is 15.8 Å². The van der Waals surface area contributed by atoms with Crippen molar-refractivity contribution in [2.45, 2.75) is 39.2 Å². The molecule has 2 saturated heterocycles. The van der Waals surface area contributed by atoms with Crippen molar-refractivity contribution in [1.82, 2.24) is 14.3 Å². The van der Waals surface area contributed by atoms with Crippen LogP contribution in [-0.4, -0.2) is 50.3 Å². The fourth-order valence-electron chi connectivity index (χ4n) is 3.60.